The van der Waals surface area contributed by atoms with Gasteiger partial charge in [0.15, 0.2) is 0 Å². The number of halogens is 1. The van der Waals surface area contributed by atoms with Gasteiger partial charge in [0.2, 0.25) is 15.9 Å². The van der Waals surface area contributed by atoms with Crippen LogP contribution >= 0.6 is 15.9 Å². The Hall–Kier alpha value is -2.23. The minimum atomic E-state index is -3.55. The summed E-state index contributed by atoms with van der Waals surface area (Å²) in [5.41, 5.74) is 1.91. The molecule has 152 valence electrons. The lowest BCUT2D eigenvalue weighted by Crippen LogP contribution is -2.50. The average Bonchev–Trinajstić information content (AvgIpc) is 3.15. The van der Waals surface area contributed by atoms with Gasteiger partial charge in [0, 0.05) is 43.6 Å². The number of rotatable bonds is 5. The second kappa shape index (κ2) is 8.25. The number of carbonyl (C=O) groups excluding carboxylic acids is 1. The second-order valence-electron chi connectivity index (χ2n) is 6.92. The summed E-state index contributed by atoms with van der Waals surface area (Å²) in [6.45, 7) is 1.95. The Labute approximate surface area is 178 Å². The third-order valence-corrected chi connectivity index (χ3v) is 7.51. The zero-order valence-corrected chi connectivity index (χ0v) is 18.1. The van der Waals surface area contributed by atoms with E-state index < -0.39 is 10.0 Å². The largest absolute Gasteiger partial charge is 0.340 e. The Kier molecular flexibility index (Phi) is 5.71. The molecule has 1 aromatic heterocycles. The summed E-state index contributed by atoms with van der Waals surface area (Å²) in [5.74, 6) is 0.0299. The molecule has 0 N–H and O–H groups in total. The van der Waals surface area contributed by atoms with Gasteiger partial charge >= 0.3 is 0 Å². The van der Waals surface area contributed by atoms with Crippen LogP contribution in [0.25, 0.3) is 11.0 Å². The SMILES string of the molecule is O=C(CCn1cnc2ccccc21)N1CCN(S(=O)(=O)c2cccc(Br)c2)CC1. The molecule has 29 heavy (non-hydrogen) atoms. The quantitative estimate of drug-likeness (QED) is 0.567. The van der Waals surface area contributed by atoms with E-state index in [2.05, 4.69) is 20.9 Å². The Bertz CT molecular complexity index is 1140. The average molecular weight is 477 g/mol. The summed E-state index contributed by atoms with van der Waals surface area (Å²) in [4.78, 5) is 19.0. The molecular weight excluding hydrogens is 456 g/mol. The monoisotopic (exact) mass is 476 g/mol. The van der Waals surface area contributed by atoms with Crippen LogP contribution in [0.5, 0.6) is 0 Å². The van der Waals surface area contributed by atoms with Crippen molar-refractivity contribution in [3.05, 3.63) is 59.3 Å². The molecule has 1 aliphatic heterocycles. The molecule has 1 saturated heterocycles. The van der Waals surface area contributed by atoms with Gasteiger partial charge in [-0.05, 0) is 30.3 Å². The van der Waals surface area contributed by atoms with Crippen molar-refractivity contribution in [2.75, 3.05) is 26.2 Å². The van der Waals surface area contributed by atoms with Crippen LogP contribution in [0.4, 0.5) is 0 Å². The highest BCUT2D eigenvalue weighted by molar-refractivity contribution is 9.10. The van der Waals surface area contributed by atoms with Crippen molar-refractivity contribution in [2.45, 2.75) is 17.9 Å². The van der Waals surface area contributed by atoms with Crippen molar-refractivity contribution in [3.8, 4) is 0 Å². The van der Waals surface area contributed by atoms with E-state index in [1.807, 2.05) is 28.8 Å². The van der Waals surface area contributed by atoms with Crippen molar-refractivity contribution < 1.29 is 13.2 Å². The summed E-state index contributed by atoms with van der Waals surface area (Å²) >= 11 is 3.31. The fraction of sp³-hybridized carbons (Fsp3) is 0.300. The van der Waals surface area contributed by atoms with Crippen molar-refractivity contribution in [1.29, 1.82) is 0 Å². The number of benzene rings is 2. The minimum Gasteiger partial charge on any atom is -0.340 e. The molecule has 1 fully saturated rings. The number of imidazole rings is 1. The van der Waals surface area contributed by atoms with E-state index in [1.165, 1.54) is 4.31 Å². The van der Waals surface area contributed by atoms with Gasteiger partial charge in [-0.2, -0.15) is 4.31 Å². The summed E-state index contributed by atoms with van der Waals surface area (Å²) in [5, 5.41) is 0. The number of nitrogens with zero attached hydrogens (tertiary/aromatic N) is 4. The number of piperazine rings is 1. The van der Waals surface area contributed by atoms with E-state index >= 15 is 0 Å². The number of amides is 1. The van der Waals surface area contributed by atoms with Gasteiger partial charge in [0.05, 0.1) is 22.3 Å². The predicted octanol–water partition coefficient (Wildman–Crippen LogP) is 2.72. The van der Waals surface area contributed by atoms with Crippen molar-refractivity contribution >= 4 is 42.9 Å². The fourth-order valence-electron chi connectivity index (χ4n) is 3.52. The molecule has 0 unspecified atom stereocenters. The van der Waals surface area contributed by atoms with Gasteiger partial charge in [-0.15, -0.1) is 0 Å². The lowest BCUT2D eigenvalue weighted by Gasteiger charge is -2.34. The number of aryl methyl sites for hydroxylation is 1. The van der Waals surface area contributed by atoms with Gasteiger partial charge in [-0.3, -0.25) is 4.79 Å². The highest BCUT2D eigenvalue weighted by Gasteiger charge is 2.30. The summed E-state index contributed by atoms with van der Waals surface area (Å²) < 4.78 is 29.8. The minimum absolute atomic E-state index is 0.0299. The predicted molar refractivity (Wildman–Crippen MR) is 114 cm³/mol. The van der Waals surface area contributed by atoms with Crippen LogP contribution in [0.1, 0.15) is 6.42 Å². The van der Waals surface area contributed by atoms with Gasteiger partial charge in [-0.1, -0.05) is 34.1 Å². The van der Waals surface area contributed by atoms with Crippen LogP contribution in [-0.2, 0) is 21.4 Å². The normalized spacial score (nSPS) is 15.7. The van der Waals surface area contributed by atoms with E-state index in [-0.39, 0.29) is 10.8 Å². The molecule has 0 aliphatic carbocycles. The zero-order valence-electron chi connectivity index (χ0n) is 15.7. The highest BCUT2D eigenvalue weighted by atomic mass is 79.9. The summed E-state index contributed by atoms with van der Waals surface area (Å²) in [6.07, 6.45) is 2.11. The number of para-hydroxylation sites is 2. The molecule has 0 atom stereocenters. The second-order valence-corrected chi connectivity index (χ2v) is 9.77. The number of aromatic nitrogens is 2. The van der Waals surface area contributed by atoms with Crippen LogP contribution in [0.15, 0.2) is 64.2 Å². The first-order valence-electron chi connectivity index (χ1n) is 9.38. The van der Waals surface area contributed by atoms with E-state index in [0.717, 1.165) is 15.5 Å². The first kappa shape index (κ1) is 20.1. The highest BCUT2D eigenvalue weighted by Crippen LogP contribution is 2.21. The Balaban J connectivity index is 1.35. The molecule has 9 heteroatoms. The van der Waals surface area contributed by atoms with Crippen LogP contribution in [0.3, 0.4) is 0 Å². The third-order valence-electron chi connectivity index (χ3n) is 5.12. The van der Waals surface area contributed by atoms with E-state index in [4.69, 9.17) is 0 Å². The van der Waals surface area contributed by atoms with Gasteiger partial charge < -0.3 is 9.47 Å². The van der Waals surface area contributed by atoms with Crippen molar-refractivity contribution in [3.63, 3.8) is 0 Å². The summed E-state index contributed by atoms with van der Waals surface area (Å²) in [6, 6.07) is 14.5. The van der Waals surface area contributed by atoms with E-state index in [9.17, 15) is 13.2 Å². The maximum absolute atomic E-state index is 12.8. The zero-order chi connectivity index (χ0) is 20.4. The van der Waals surface area contributed by atoms with Gasteiger partial charge in [-0.25, -0.2) is 13.4 Å². The Morgan fingerprint density at radius 1 is 1.03 bits per heavy atom. The number of sulfonamides is 1. The first-order valence-corrected chi connectivity index (χ1v) is 11.6. The molecular formula is C20H21BrN4O3S. The summed E-state index contributed by atoms with van der Waals surface area (Å²) in [7, 11) is -3.55. The molecule has 7 nitrogen and oxygen atoms in total. The lowest BCUT2D eigenvalue weighted by atomic mass is 10.3. The molecule has 1 aliphatic rings. The van der Waals surface area contributed by atoms with Gasteiger partial charge in [0.25, 0.3) is 0 Å². The van der Waals surface area contributed by atoms with Crippen LogP contribution < -0.4 is 0 Å². The lowest BCUT2D eigenvalue weighted by molar-refractivity contribution is -0.132. The maximum atomic E-state index is 12.8. The molecule has 4 rings (SSSR count). The van der Waals surface area contributed by atoms with Crippen LogP contribution in [0.2, 0.25) is 0 Å². The first-order chi connectivity index (χ1) is 13.9. The third kappa shape index (κ3) is 4.22. The number of hydrogen-bond donors (Lipinski definition) is 0. The molecule has 0 radical (unpaired) electrons. The topological polar surface area (TPSA) is 75.5 Å². The molecule has 2 aromatic carbocycles. The molecule has 1 amide bonds. The molecule has 2 heterocycles. The van der Waals surface area contributed by atoms with E-state index in [0.29, 0.717) is 39.1 Å². The van der Waals surface area contributed by atoms with Gasteiger partial charge in [0.1, 0.15) is 0 Å². The standard InChI is InChI=1S/C20H21BrN4O3S/c21-16-4-3-5-17(14-16)29(27,28)25-12-10-23(11-13-25)20(26)8-9-24-15-22-18-6-1-2-7-19(18)24/h1-7,14-15H,8-13H2. The number of fused-ring (bicyclic) bond motifs is 1. The molecule has 0 spiro atoms. The fourth-order valence-corrected chi connectivity index (χ4v) is 5.54. The molecule has 0 bridgehead atoms. The van der Waals surface area contributed by atoms with Crippen LogP contribution in [-0.4, -0.2) is 59.3 Å². The Morgan fingerprint density at radius 3 is 2.55 bits per heavy atom. The van der Waals surface area contributed by atoms with Crippen molar-refractivity contribution in [2.24, 2.45) is 0 Å². The smallest absolute Gasteiger partial charge is 0.243 e. The maximum Gasteiger partial charge on any atom is 0.243 e. The number of carbonyl (C=O) groups is 1. The molecule has 0 saturated carbocycles. The van der Waals surface area contributed by atoms with Crippen LogP contribution in [0, 0.1) is 0 Å². The van der Waals surface area contributed by atoms with E-state index in [1.54, 1.807) is 35.5 Å². The molecule has 3 aromatic rings. The Morgan fingerprint density at radius 2 is 1.79 bits per heavy atom. The number of hydrogen-bond acceptors (Lipinski definition) is 4. The van der Waals surface area contributed by atoms with Crippen molar-refractivity contribution in [1.82, 2.24) is 18.8 Å².